The summed E-state index contributed by atoms with van der Waals surface area (Å²) >= 11 is 0. The van der Waals surface area contributed by atoms with E-state index in [1.165, 1.54) is 54.1 Å². The molecule has 0 aliphatic heterocycles. The summed E-state index contributed by atoms with van der Waals surface area (Å²) in [5.41, 5.74) is 8.48. The van der Waals surface area contributed by atoms with Crippen molar-refractivity contribution in [2.45, 2.75) is 6.42 Å². The standard InChI is InChI=1S/C30H24P2.C15H9.C14H7O.2Au/c1-5-15-25(16-6-1)31(26-17-7-2-8-18-26)29-23-13-14-24-30(29)32(27-19-9-3-10-20-27)28-21-11-4-12-22-28;1-2-11-7-5-8-13-10-12-6-3-4-9-14(12)15(11)13;1-2-10-6-5-9-13-14(10)11-7-3-4-8-12(11)15-13;;/h1-24H;3-9H,10H2;3-9H;;/q;2*-1;2*+1/p+2. The predicted octanol–water partition coefficient (Wildman–Crippen LogP) is 11.4. The summed E-state index contributed by atoms with van der Waals surface area (Å²) in [5.74, 6) is 4.96. The summed E-state index contributed by atoms with van der Waals surface area (Å²) in [5, 5.41) is 10.7. The van der Waals surface area contributed by atoms with E-state index in [1.54, 1.807) is 0 Å². The second-order valence-electron chi connectivity index (χ2n) is 15.0. The average molecular weight is 1220 g/mol. The third-order valence-corrected chi connectivity index (χ3v) is 17.0. The van der Waals surface area contributed by atoms with Crippen molar-refractivity contribution in [2.24, 2.45) is 0 Å². The number of hydrogen-bond acceptors (Lipinski definition) is 1. The molecular weight excluding hydrogens is 1180 g/mol. The average Bonchev–Trinajstić information content (AvgIpc) is 3.93. The van der Waals surface area contributed by atoms with Crippen LogP contribution in [0.15, 0.2) is 235 Å². The molecule has 1 aliphatic rings. The topological polar surface area (TPSA) is 13.1 Å². The largest absolute Gasteiger partial charge is 1.00 e. The van der Waals surface area contributed by atoms with Crippen LogP contribution in [0.4, 0.5) is 0 Å². The minimum absolute atomic E-state index is 0. The van der Waals surface area contributed by atoms with Crippen LogP contribution >= 0.6 is 15.8 Å². The summed E-state index contributed by atoms with van der Waals surface area (Å²) in [6, 6.07) is 81.4. The Morgan fingerprint density at radius 3 is 1.31 bits per heavy atom. The number of furan rings is 1. The van der Waals surface area contributed by atoms with Crippen molar-refractivity contribution >= 4 is 69.6 Å². The Balaban J connectivity index is 0.000000159. The van der Waals surface area contributed by atoms with E-state index >= 15 is 0 Å². The van der Waals surface area contributed by atoms with Crippen LogP contribution in [0.1, 0.15) is 22.3 Å². The molecule has 0 bridgehead atoms. The summed E-state index contributed by atoms with van der Waals surface area (Å²) in [7, 11) is -2.28. The minimum atomic E-state index is -1.14. The van der Waals surface area contributed by atoms with Gasteiger partial charge in [0.2, 0.25) is 0 Å². The van der Waals surface area contributed by atoms with Gasteiger partial charge in [-0.1, -0.05) is 157 Å². The molecule has 0 amide bonds. The van der Waals surface area contributed by atoms with E-state index in [-0.39, 0.29) is 44.8 Å². The maximum atomic E-state index is 7.30. The molecule has 0 atom stereocenters. The van der Waals surface area contributed by atoms with Crippen LogP contribution in [-0.4, -0.2) is 0 Å². The summed E-state index contributed by atoms with van der Waals surface area (Å²) in [6.07, 6.45) is 15.5. The Morgan fingerprint density at radius 1 is 0.375 bits per heavy atom. The number of para-hydroxylation sites is 1. The number of benzene rings is 9. The second kappa shape index (κ2) is 22.2. The monoisotopic (exact) mass is 1220 g/mol. The molecular formula is C59H42Au2OP2+2. The first-order chi connectivity index (χ1) is 30.7. The Labute approximate surface area is 410 Å². The van der Waals surface area contributed by atoms with E-state index in [4.69, 9.17) is 17.3 Å². The van der Waals surface area contributed by atoms with Gasteiger partial charge in [-0.15, -0.1) is 23.3 Å². The number of hydrogen-bond donors (Lipinski definition) is 0. The van der Waals surface area contributed by atoms with Crippen molar-refractivity contribution in [3.05, 3.63) is 266 Å². The smallest absolute Gasteiger partial charge is 0.458 e. The van der Waals surface area contributed by atoms with Gasteiger partial charge in [-0.25, -0.2) is 0 Å². The molecule has 1 aliphatic carbocycles. The minimum Gasteiger partial charge on any atom is -0.458 e. The zero-order valence-electron chi connectivity index (χ0n) is 34.7. The van der Waals surface area contributed by atoms with Crippen molar-refractivity contribution in [2.75, 3.05) is 0 Å². The van der Waals surface area contributed by atoms with Crippen LogP contribution in [0.25, 0.3) is 33.1 Å². The van der Waals surface area contributed by atoms with E-state index in [0.29, 0.717) is 0 Å². The molecule has 0 radical (unpaired) electrons. The normalized spacial score (nSPS) is 10.8. The van der Waals surface area contributed by atoms with E-state index in [9.17, 15) is 0 Å². The first-order valence-corrected chi connectivity index (χ1v) is 23.7. The summed E-state index contributed by atoms with van der Waals surface area (Å²) < 4.78 is 5.67. The zero-order valence-corrected chi connectivity index (χ0v) is 41.0. The SMILES string of the molecule is [Au+].[Au+].[C-]#Cc1cccc2c1-c1ccccc1C2.[C-]#Cc1cccc2oc3ccccc3c12.c1ccc([PH+](c2ccccc2)c2ccccc2[PH+](c2ccccc2)c2ccccc2)cc1. The van der Waals surface area contributed by atoms with E-state index in [1.807, 2.05) is 54.6 Å². The molecule has 11 rings (SSSR count). The zero-order chi connectivity index (χ0) is 42.1. The van der Waals surface area contributed by atoms with Gasteiger partial charge >= 0.3 is 44.8 Å². The molecule has 1 heterocycles. The molecule has 1 aromatic heterocycles. The second-order valence-corrected chi connectivity index (χ2v) is 19.8. The van der Waals surface area contributed by atoms with Gasteiger partial charge in [-0.05, 0) is 95.7 Å². The summed E-state index contributed by atoms with van der Waals surface area (Å²) in [4.78, 5) is 0. The van der Waals surface area contributed by atoms with E-state index in [2.05, 4.69) is 188 Å². The van der Waals surface area contributed by atoms with Gasteiger partial charge in [0, 0.05) is 5.39 Å². The molecule has 0 unspecified atom stereocenters. The first-order valence-electron chi connectivity index (χ1n) is 20.7. The fourth-order valence-corrected chi connectivity index (χ4v) is 14.5. The van der Waals surface area contributed by atoms with Crippen molar-refractivity contribution in [3.8, 4) is 23.0 Å². The maximum Gasteiger partial charge on any atom is 1.00 e. The Bertz CT molecular complexity index is 3010. The number of fused-ring (bicyclic) bond motifs is 6. The van der Waals surface area contributed by atoms with Crippen LogP contribution in [0.2, 0.25) is 0 Å². The molecule has 314 valence electrons. The quantitative estimate of drug-likeness (QED) is 0.0700. The molecule has 0 spiro atoms. The molecule has 1 nitrogen and oxygen atoms in total. The molecule has 5 heteroatoms. The van der Waals surface area contributed by atoms with Crippen LogP contribution in [0.5, 0.6) is 0 Å². The Hall–Kier alpha value is -5.76. The third-order valence-electron chi connectivity index (χ3n) is 11.2. The molecule has 10 aromatic rings. The fraction of sp³-hybridized carbons (Fsp3) is 0.0169. The molecule has 0 fully saturated rings. The summed E-state index contributed by atoms with van der Waals surface area (Å²) in [6.45, 7) is 0. The van der Waals surface area contributed by atoms with E-state index in [0.717, 1.165) is 39.5 Å². The van der Waals surface area contributed by atoms with Gasteiger partial charge < -0.3 is 17.3 Å². The fourth-order valence-electron chi connectivity index (χ4n) is 8.47. The Kier molecular flexibility index (Phi) is 16.1. The van der Waals surface area contributed by atoms with Crippen LogP contribution in [-0.2, 0) is 51.2 Å². The van der Waals surface area contributed by atoms with Crippen LogP contribution < -0.4 is 31.8 Å². The van der Waals surface area contributed by atoms with Crippen LogP contribution in [0.3, 0.4) is 0 Å². The molecule has 9 aromatic carbocycles. The Morgan fingerprint density at radius 2 is 0.781 bits per heavy atom. The molecule has 0 saturated carbocycles. The van der Waals surface area contributed by atoms with Crippen LogP contribution in [0, 0.1) is 24.7 Å². The third kappa shape index (κ3) is 9.96. The predicted molar refractivity (Wildman–Crippen MR) is 268 cm³/mol. The van der Waals surface area contributed by atoms with Crippen molar-refractivity contribution in [1.29, 1.82) is 0 Å². The van der Waals surface area contributed by atoms with E-state index < -0.39 is 15.8 Å². The van der Waals surface area contributed by atoms with Gasteiger partial charge in [-0.2, -0.15) is 0 Å². The van der Waals surface area contributed by atoms with Gasteiger partial charge in [0.25, 0.3) is 0 Å². The van der Waals surface area contributed by atoms with Crippen molar-refractivity contribution < 1.29 is 49.2 Å². The van der Waals surface area contributed by atoms with Gasteiger partial charge in [0.1, 0.15) is 58.8 Å². The maximum absolute atomic E-state index is 7.30. The van der Waals surface area contributed by atoms with Gasteiger partial charge in [-0.3, -0.25) is 11.8 Å². The molecule has 0 N–H and O–H groups in total. The molecule has 64 heavy (non-hydrogen) atoms. The first kappa shape index (κ1) is 46.2. The van der Waals surface area contributed by atoms with Crippen molar-refractivity contribution in [1.82, 2.24) is 0 Å². The molecule has 0 saturated heterocycles. The number of rotatable bonds is 6. The van der Waals surface area contributed by atoms with Crippen molar-refractivity contribution in [3.63, 3.8) is 0 Å². The van der Waals surface area contributed by atoms with Gasteiger partial charge in [0.15, 0.2) is 0 Å². The van der Waals surface area contributed by atoms with Gasteiger partial charge in [0.05, 0.1) is 0 Å².